The zero-order valence-electron chi connectivity index (χ0n) is 10.2. The maximum Gasteiger partial charge on any atom is 0.254 e. The quantitative estimate of drug-likeness (QED) is 0.805. The van der Waals surface area contributed by atoms with Crippen molar-refractivity contribution in [1.82, 2.24) is 19.6 Å². The molecule has 6 nitrogen and oxygen atoms in total. The van der Waals surface area contributed by atoms with Crippen LogP contribution in [-0.2, 0) is 0 Å². The van der Waals surface area contributed by atoms with Gasteiger partial charge in [0.2, 0.25) is 0 Å². The van der Waals surface area contributed by atoms with Gasteiger partial charge in [-0.1, -0.05) is 13.3 Å². The molecular weight excluding hydrogens is 216 g/mol. The maximum atomic E-state index is 5.74. The van der Waals surface area contributed by atoms with Gasteiger partial charge in [0.25, 0.3) is 5.78 Å². The lowest BCUT2D eigenvalue weighted by molar-refractivity contribution is 0.642. The first-order valence-electron chi connectivity index (χ1n) is 5.88. The van der Waals surface area contributed by atoms with Gasteiger partial charge in [0.15, 0.2) is 0 Å². The fourth-order valence-electron chi connectivity index (χ4n) is 1.84. The Bertz CT molecular complexity index is 492. The van der Waals surface area contributed by atoms with Gasteiger partial charge in [0, 0.05) is 24.3 Å². The Balaban J connectivity index is 2.30. The fourth-order valence-corrected chi connectivity index (χ4v) is 1.84. The first-order valence-corrected chi connectivity index (χ1v) is 5.88. The van der Waals surface area contributed by atoms with Crippen molar-refractivity contribution in [2.75, 3.05) is 11.9 Å². The van der Waals surface area contributed by atoms with Gasteiger partial charge in [0.1, 0.15) is 12.1 Å². The summed E-state index contributed by atoms with van der Waals surface area (Å²) in [5, 5.41) is 7.54. The average Bonchev–Trinajstić information content (AvgIpc) is 2.76. The molecule has 0 aliphatic heterocycles. The molecule has 0 spiro atoms. The first kappa shape index (κ1) is 11.8. The summed E-state index contributed by atoms with van der Waals surface area (Å²) in [5.41, 5.74) is 6.66. The third kappa shape index (κ3) is 2.52. The van der Waals surface area contributed by atoms with Gasteiger partial charge in [0.05, 0.1) is 0 Å². The van der Waals surface area contributed by atoms with Crippen LogP contribution in [-0.4, -0.2) is 32.2 Å². The SMILES string of the molecule is CCCC(CN)Nc1cc(C)nc2ncnn12. The van der Waals surface area contributed by atoms with Crippen molar-refractivity contribution >= 4 is 11.6 Å². The van der Waals surface area contributed by atoms with Crippen LogP contribution in [0, 0.1) is 6.92 Å². The molecule has 0 aliphatic carbocycles. The number of hydrogen-bond acceptors (Lipinski definition) is 5. The minimum Gasteiger partial charge on any atom is -0.366 e. The molecule has 0 saturated heterocycles. The van der Waals surface area contributed by atoms with E-state index < -0.39 is 0 Å². The molecule has 1 atom stereocenters. The van der Waals surface area contributed by atoms with E-state index in [0.717, 1.165) is 24.4 Å². The zero-order valence-corrected chi connectivity index (χ0v) is 10.2. The Morgan fingerprint density at radius 3 is 3.06 bits per heavy atom. The van der Waals surface area contributed by atoms with Crippen LogP contribution in [0.2, 0.25) is 0 Å². The molecule has 3 N–H and O–H groups in total. The number of nitrogens with one attached hydrogen (secondary N) is 1. The second-order valence-electron chi connectivity index (χ2n) is 4.12. The minimum atomic E-state index is 0.259. The molecule has 0 radical (unpaired) electrons. The standard InChI is InChI=1S/C11H18N6/c1-3-4-9(6-12)16-10-5-8(2)15-11-13-7-14-17(10)11/h5,7,9,16H,3-4,6,12H2,1-2H3. The molecule has 0 fully saturated rings. The highest BCUT2D eigenvalue weighted by atomic mass is 15.4. The van der Waals surface area contributed by atoms with Crippen LogP contribution in [0.4, 0.5) is 5.82 Å². The molecule has 2 aromatic heterocycles. The average molecular weight is 234 g/mol. The van der Waals surface area contributed by atoms with E-state index in [9.17, 15) is 0 Å². The Hall–Kier alpha value is -1.69. The summed E-state index contributed by atoms with van der Waals surface area (Å²) in [5.74, 6) is 1.51. The van der Waals surface area contributed by atoms with Gasteiger partial charge in [-0.3, -0.25) is 0 Å². The predicted octanol–water partition coefficient (Wildman–Crippen LogP) is 0.972. The Morgan fingerprint density at radius 1 is 1.53 bits per heavy atom. The summed E-state index contributed by atoms with van der Waals surface area (Å²) in [4.78, 5) is 8.38. The van der Waals surface area contributed by atoms with Crippen molar-refractivity contribution in [3.63, 3.8) is 0 Å². The van der Waals surface area contributed by atoms with Gasteiger partial charge < -0.3 is 11.1 Å². The minimum absolute atomic E-state index is 0.259. The lowest BCUT2D eigenvalue weighted by atomic mass is 10.1. The van der Waals surface area contributed by atoms with E-state index in [-0.39, 0.29) is 6.04 Å². The molecule has 0 aliphatic rings. The normalized spacial score (nSPS) is 12.9. The molecule has 0 bridgehead atoms. The largest absolute Gasteiger partial charge is 0.366 e. The summed E-state index contributed by atoms with van der Waals surface area (Å²) in [7, 11) is 0. The second kappa shape index (κ2) is 5.09. The lowest BCUT2D eigenvalue weighted by Crippen LogP contribution is -2.29. The lowest BCUT2D eigenvalue weighted by Gasteiger charge is -2.17. The first-order chi connectivity index (χ1) is 8.24. The van der Waals surface area contributed by atoms with Crippen molar-refractivity contribution in [3.8, 4) is 0 Å². The molecule has 1 unspecified atom stereocenters. The van der Waals surface area contributed by atoms with E-state index >= 15 is 0 Å². The summed E-state index contributed by atoms with van der Waals surface area (Å²) in [6.45, 7) is 4.69. The van der Waals surface area contributed by atoms with Gasteiger partial charge in [-0.25, -0.2) is 4.98 Å². The second-order valence-corrected chi connectivity index (χ2v) is 4.12. The van der Waals surface area contributed by atoms with Crippen molar-refractivity contribution in [2.24, 2.45) is 5.73 Å². The molecule has 17 heavy (non-hydrogen) atoms. The highest BCUT2D eigenvalue weighted by Gasteiger charge is 2.10. The summed E-state index contributed by atoms with van der Waals surface area (Å²) in [6, 6.07) is 2.22. The predicted molar refractivity (Wildman–Crippen MR) is 66.9 cm³/mol. The van der Waals surface area contributed by atoms with Crippen molar-refractivity contribution in [2.45, 2.75) is 32.7 Å². The van der Waals surface area contributed by atoms with E-state index in [1.54, 1.807) is 4.52 Å². The Labute approximate surface area is 100 Å². The number of rotatable bonds is 5. The molecule has 0 aromatic carbocycles. The monoisotopic (exact) mass is 234 g/mol. The van der Waals surface area contributed by atoms with Crippen LogP contribution in [0.3, 0.4) is 0 Å². The van der Waals surface area contributed by atoms with E-state index in [1.165, 1.54) is 6.33 Å². The van der Waals surface area contributed by atoms with Crippen LogP contribution in [0.5, 0.6) is 0 Å². The van der Waals surface area contributed by atoms with Gasteiger partial charge in [-0.15, -0.1) is 0 Å². The topological polar surface area (TPSA) is 81.1 Å². The number of aryl methyl sites for hydroxylation is 1. The maximum absolute atomic E-state index is 5.74. The van der Waals surface area contributed by atoms with Gasteiger partial charge in [-0.2, -0.15) is 14.6 Å². The molecule has 2 rings (SSSR count). The third-order valence-corrected chi connectivity index (χ3v) is 2.65. The van der Waals surface area contributed by atoms with E-state index in [0.29, 0.717) is 12.3 Å². The summed E-state index contributed by atoms with van der Waals surface area (Å²) in [6.07, 6.45) is 3.64. The molecular formula is C11H18N6. The molecule has 92 valence electrons. The highest BCUT2D eigenvalue weighted by Crippen LogP contribution is 2.12. The van der Waals surface area contributed by atoms with Crippen LogP contribution >= 0.6 is 0 Å². The van der Waals surface area contributed by atoms with Crippen LogP contribution < -0.4 is 11.1 Å². The molecule has 2 heterocycles. The number of nitrogens with two attached hydrogens (primary N) is 1. The van der Waals surface area contributed by atoms with Crippen LogP contribution in [0.1, 0.15) is 25.5 Å². The van der Waals surface area contributed by atoms with Gasteiger partial charge in [-0.05, 0) is 13.3 Å². The Kier molecular flexibility index (Phi) is 3.53. The zero-order chi connectivity index (χ0) is 12.3. The van der Waals surface area contributed by atoms with E-state index in [1.807, 2.05) is 13.0 Å². The number of nitrogens with zero attached hydrogens (tertiary/aromatic N) is 4. The van der Waals surface area contributed by atoms with Gasteiger partial charge >= 0.3 is 0 Å². The Morgan fingerprint density at radius 2 is 2.35 bits per heavy atom. The number of anilines is 1. The third-order valence-electron chi connectivity index (χ3n) is 2.65. The number of hydrogen-bond donors (Lipinski definition) is 2. The van der Waals surface area contributed by atoms with Crippen LogP contribution in [0.25, 0.3) is 5.78 Å². The van der Waals surface area contributed by atoms with Crippen LogP contribution in [0.15, 0.2) is 12.4 Å². The molecule has 6 heteroatoms. The van der Waals surface area contributed by atoms with E-state index in [2.05, 4.69) is 27.3 Å². The molecule has 0 saturated carbocycles. The molecule has 2 aromatic rings. The summed E-state index contributed by atoms with van der Waals surface area (Å²) >= 11 is 0. The van der Waals surface area contributed by atoms with Crippen molar-refractivity contribution in [3.05, 3.63) is 18.1 Å². The number of fused-ring (bicyclic) bond motifs is 1. The smallest absolute Gasteiger partial charge is 0.254 e. The van der Waals surface area contributed by atoms with Crippen molar-refractivity contribution < 1.29 is 0 Å². The highest BCUT2D eigenvalue weighted by molar-refractivity contribution is 5.45. The molecule has 0 amide bonds. The fraction of sp³-hybridized carbons (Fsp3) is 0.545. The number of aromatic nitrogens is 4. The van der Waals surface area contributed by atoms with E-state index in [4.69, 9.17) is 5.73 Å². The van der Waals surface area contributed by atoms with Crippen molar-refractivity contribution in [1.29, 1.82) is 0 Å². The summed E-state index contributed by atoms with van der Waals surface area (Å²) < 4.78 is 1.70.